The second-order valence-corrected chi connectivity index (χ2v) is 20.5. The van der Waals surface area contributed by atoms with E-state index in [2.05, 4.69) is 34.8 Å². The third kappa shape index (κ3) is 9.41. The number of nitrogens with zero attached hydrogens (tertiary/aromatic N) is 9. The summed E-state index contributed by atoms with van der Waals surface area (Å²) in [5.74, 6) is -1.89. The third-order valence-corrected chi connectivity index (χ3v) is 15.5. The SMILES string of the molecule is Cc1cc(S(=O)(=O)/N=C/C2CC(N3CCN(C4CCN(c5ccc6c(c5F)n(C)c(=O)n6C5CCC(=O)NC5=O)CC4)CC3)C2)ccc1Nc1ncc(C(F)(F)F)c(N2CCC[C@](C)(O)C2)n1. The summed E-state index contributed by atoms with van der Waals surface area (Å²) in [7, 11) is -2.54. The Hall–Kier alpha value is -5.45. The molecule has 3 N–H and O–H groups in total. The first-order chi connectivity index (χ1) is 31.8. The van der Waals surface area contributed by atoms with Crippen molar-refractivity contribution in [2.45, 2.75) is 100 Å². The van der Waals surface area contributed by atoms with Crippen molar-refractivity contribution in [3.8, 4) is 0 Å². The Morgan fingerprint density at radius 3 is 2.31 bits per heavy atom. The first-order valence-corrected chi connectivity index (χ1v) is 24.3. The number of aryl methyl sites for hydroxylation is 2. The summed E-state index contributed by atoms with van der Waals surface area (Å²) in [4.78, 5) is 54.0. The van der Waals surface area contributed by atoms with Crippen LogP contribution in [0.15, 0.2) is 50.6 Å². The number of fused-ring (bicyclic) bond motifs is 1. The number of nitrogens with one attached hydrogen (secondary N) is 2. The van der Waals surface area contributed by atoms with Crippen molar-refractivity contribution in [1.29, 1.82) is 0 Å². The zero-order valence-corrected chi connectivity index (χ0v) is 38.4. The molecule has 0 bridgehead atoms. The molecule has 5 aliphatic rings. The van der Waals surface area contributed by atoms with Crippen LogP contribution >= 0.6 is 0 Å². The van der Waals surface area contributed by atoms with Crippen LogP contribution in [0.3, 0.4) is 0 Å². The van der Waals surface area contributed by atoms with Gasteiger partial charge in [0.1, 0.15) is 22.9 Å². The van der Waals surface area contributed by atoms with Gasteiger partial charge < -0.3 is 20.2 Å². The smallest absolute Gasteiger partial charge is 0.388 e. The van der Waals surface area contributed by atoms with Gasteiger partial charge >= 0.3 is 11.9 Å². The molecule has 1 saturated carbocycles. The van der Waals surface area contributed by atoms with E-state index in [4.69, 9.17) is 0 Å². The second-order valence-electron chi connectivity index (χ2n) is 18.9. The summed E-state index contributed by atoms with van der Waals surface area (Å²) >= 11 is 0. The molecule has 4 aromatic rings. The zero-order chi connectivity index (χ0) is 47.6. The minimum Gasteiger partial charge on any atom is -0.388 e. The number of β-amino-alcohol motifs (C(OH)–C–C–N with tert-alkyl or cyclic N) is 1. The number of sulfonamides is 1. The van der Waals surface area contributed by atoms with Crippen molar-refractivity contribution in [3.63, 3.8) is 0 Å². The lowest BCUT2D eigenvalue weighted by Crippen LogP contribution is -2.57. The number of alkyl halides is 3. The number of imidazole rings is 1. The van der Waals surface area contributed by atoms with Crippen molar-refractivity contribution in [2.24, 2.45) is 17.4 Å². The number of halogens is 4. The number of hydrogen-bond acceptors (Lipinski definition) is 13. The minimum atomic E-state index is -4.71. The molecule has 4 saturated heterocycles. The fraction of sp³-hybridized carbons (Fsp3) is 0.556. The number of piperidine rings is 3. The topological polar surface area (TPSA) is 191 Å². The van der Waals surface area contributed by atoms with E-state index in [0.29, 0.717) is 66.7 Å². The van der Waals surface area contributed by atoms with Gasteiger partial charge in [0, 0.05) is 96.0 Å². The Kier molecular flexibility index (Phi) is 12.5. The first-order valence-electron chi connectivity index (χ1n) is 22.8. The van der Waals surface area contributed by atoms with E-state index in [1.807, 2.05) is 4.90 Å². The van der Waals surface area contributed by atoms with E-state index in [-0.39, 0.29) is 54.0 Å². The monoisotopic (exact) mass is 953 g/mol. The molecule has 1 aliphatic carbocycles. The Morgan fingerprint density at radius 2 is 1.66 bits per heavy atom. The summed E-state index contributed by atoms with van der Waals surface area (Å²) in [6.07, 6.45) is 2.02. The molecule has 2 aromatic heterocycles. The molecule has 4 aliphatic heterocycles. The highest BCUT2D eigenvalue weighted by Crippen LogP contribution is 2.39. The molecule has 6 heterocycles. The molecular formula is C45H55F4N11O6S. The molecule has 0 radical (unpaired) electrons. The third-order valence-electron chi connectivity index (χ3n) is 14.2. The second kappa shape index (κ2) is 17.9. The normalized spacial score (nSPS) is 25.2. The molecular weight excluding hydrogens is 899 g/mol. The number of piperazine rings is 1. The molecule has 2 atom stereocenters. The highest BCUT2D eigenvalue weighted by Gasteiger charge is 2.40. The van der Waals surface area contributed by atoms with Gasteiger partial charge in [-0.05, 0) is 101 Å². The number of aromatic nitrogens is 4. The lowest BCUT2D eigenvalue weighted by Gasteiger charge is -2.48. The van der Waals surface area contributed by atoms with Gasteiger partial charge in [0.05, 0.1) is 21.7 Å². The maximum absolute atomic E-state index is 16.2. The summed E-state index contributed by atoms with van der Waals surface area (Å²) in [6, 6.07) is 7.48. The van der Waals surface area contributed by atoms with E-state index in [1.165, 1.54) is 45.5 Å². The van der Waals surface area contributed by atoms with Gasteiger partial charge in [0.2, 0.25) is 17.8 Å². The van der Waals surface area contributed by atoms with Gasteiger partial charge in [-0.1, -0.05) is 0 Å². The van der Waals surface area contributed by atoms with Gasteiger partial charge in [0.25, 0.3) is 10.0 Å². The van der Waals surface area contributed by atoms with Crippen molar-refractivity contribution < 1.29 is 40.7 Å². The van der Waals surface area contributed by atoms with Crippen LogP contribution < -0.4 is 26.1 Å². The maximum atomic E-state index is 16.2. The Bertz CT molecular complexity index is 2770. The van der Waals surface area contributed by atoms with Crippen molar-refractivity contribution in [2.75, 3.05) is 67.5 Å². The number of imide groups is 1. The molecule has 2 aromatic carbocycles. The van der Waals surface area contributed by atoms with E-state index < -0.39 is 56.7 Å². The molecule has 5 fully saturated rings. The molecule has 67 heavy (non-hydrogen) atoms. The molecule has 1 unspecified atom stereocenters. The Labute approximate surface area is 384 Å². The van der Waals surface area contributed by atoms with Gasteiger partial charge in [-0.2, -0.15) is 31.0 Å². The molecule has 0 spiro atoms. The van der Waals surface area contributed by atoms with Crippen molar-refractivity contribution in [3.05, 3.63) is 64.0 Å². The maximum Gasteiger partial charge on any atom is 0.421 e. The van der Waals surface area contributed by atoms with Crippen LogP contribution in [0.5, 0.6) is 0 Å². The first kappa shape index (κ1) is 46.7. The van der Waals surface area contributed by atoms with E-state index in [9.17, 15) is 41.1 Å². The van der Waals surface area contributed by atoms with Gasteiger partial charge in [-0.25, -0.2) is 14.2 Å². The predicted molar refractivity (Wildman–Crippen MR) is 243 cm³/mol. The van der Waals surface area contributed by atoms with E-state index in [0.717, 1.165) is 51.9 Å². The lowest BCUT2D eigenvalue weighted by atomic mass is 9.80. The van der Waals surface area contributed by atoms with Crippen molar-refractivity contribution in [1.82, 2.24) is 34.2 Å². The van der Waals surface area contributed by atoms with Crippen LogP contribution in [0.2, 0.25) is 0 Å². The van der Waals surface area contributed by atoms with Crippen LogP contribution in [0, 0.1) is 18.7 Å². The van der Waals surface area contributed by atoms with Gasteiger partial charge in [-0.15, -0.1) is 0 Å². The van der Waals surface area contributed by atoms with E-state index in [1.54, 1.807) is 26.0 Å². The zero-order valence-electron chi connectivity index (χ0n) is 37.6. The van der Waals surface area contributed by atoms with Crippen LogP contribution in [0.25, 0.3) is 11.0 Å². The molecule has 9 rings (SSSR count). The largest absolute Gasteiger partial charge is 0.421 e. The summed E-state index contributed by atoms with van der Waals surface area (Å²) in [5, 5.41) is 15.8. The quantitative estimate of drug-likeness (QED) is 0.115. The Morgan fingerprint density at radius 1 is 0.955 bits per heavy atom. The average molecular weight is 954 g/mol. The number of aliphatic hydroxyl groups is 1. The summed E-state index contributed by atoms with van der Waals surface area (Å²) in [6.45, 7) is 8.35. The van der Waals surface area contributed by atoms with Crippen LogP contribution in [0.1, 0.15) is 75.5 Å². The van der Waals surface area contributed by atoms with Gasteiger partial charge in [-0.3, -0.25) is 33.8 Å². The number of carbonyl (C=O) groups is 2. The lowest BCUT2D eigenvalue weighted by molar-refractivity contribution is -0.138. The summed E-state index contributed by atoms with van der Waals surface area (Å²) in [5.41, 5.74) is -0.920. The fourth-order valence-electron chi connectivity index (χ4n) is 10.4. The van der Waals surface area contributed by atoms with Crippen LogP contribution in [-0.4, -0.2) is 130 Å². The number of benzene rings is 2. The molecule has 22 heteroatoms. The highest BCUT2D eigenvalue weighted by atomic mass is 32.2. The van der Waals surface area contributed by atoms with Crippen LogP contribution in [0.4, 0.5) is 40.7 Å². The van der Waals surface area contributed by atoms with Gasteiger partial charge in [0.15, 0.2) is 5.82 Å². The summed E-state index contributed by atoms with van der Waals surface area (Å²) < 4.78 is 91.1. The average Bonchev–Trinajstić information content (AvgIpc) is 3.52. The highest BCUT2D eigenvalue weighted by molar-refractivity contribution is 7.90. The molecule has 2 amide bonds. The number of amides is 2. The van der Waals surface area contributed by atoms with Crippen molar-refractivity contribution >= 4 is 62.2 Å². The predicted octanol–water partition coefficient (Wildman–Crippen LogP) is 4.49. The number of hydrogen-bond donors (Lipinski definition) is 3. The van der Waals surface area contributed by atoms with E-state index >= 15 is 4.39 Å². The molecule has 360 valence electrons. The Balaban J connectivity index is 0.749. The minimum absolute atomic E-state index is 0.0109. The molecule has 17 nitrogen and oxygen atoms in total. The number of rotatable bonds is 10. The van der Waals surface area contributed by atoms with Crippen LogP contribution in [-0.2, 0) is 32.8 Å². The standard InChI is InChI=1S/C45H55F4N11O6S/c1-27-21-31(5-6-33(27)52-42-50-25-32(45(47,48)49)40(54-42)59-14-4-13-44(2,64)26-59)67(65,66)51-24-28-22-30(23-28)57-19-17-56(18-20-57)29-11-15-58(16-12-29)34-7-8-35-39(38(34)46)55(3)43(63)60(35)36-9-10-37(61)53-41(36)62/h5-8,21,24-25,28-30,36,64H,4,9-20,22-23,26H2,1-3H3,(H,50,52,54)(H,53,61,62)/b51-24+/t28?,30?,36?,44-/m0/s1. The number of anilines is 4. The fourth-order valence-corrected chi connectivity index (χ4v) is 11.5. The number of carbonyl (C=O) groups excluding carboxylic acids is 2.